The summed E-state index contributed by atoms with van der Waals surface area (Å²) in [6.07, 6.45) is 3.78. The van der Waals surface area contributed by atoms with E-state index in [0.717, 1.165) is 11.7 Å². The number of nitrogens with zero attached hydrogens (tertiary/aromatic N) is 2. The van der Waals surface area contributed by atoms with Crippen molar-refractivity contribution >= 4 is 5.82 Å². The molecule has 2 saturated carbocycles. The molecular weight excluding hydrogens is 174 g/mol. The number of nitrogens with two attached hydrogens (primary N) is 1. The Labute approximate surface area is 83.8 Å². The summed E-state index contributed by atoms with van der Waals surface area (Å²) in [6, 6.07) is 1.94. The minimum Gasteiger partial charge on any atom is -0.384 e. The first-order valence-electron chi connectivity index (χ1n) is 5.38. The van der Waals surface area contributed by atoms with E-state index < -0.39 is 0 Å². The zero-order valence-electron chi connectivity index (χ0n) is 8.40. The van der Waals surface area contributed by atoms with Crippen molar-refractivity contribution < 1.29 is 0 Å². The van der Waals surface area contributed by atoms with Crippen LogP contribution in [0.5, 0.6) is 0 Å². The predicted molar refractivity (Wildman–Crippen MR) is 54.9 cm³/mol. The first-order valence-corrected chi connectivity index (χ1v) is 5.38. The number of nitrogen functional groups attached to an aromatic ring is 1. The Morgan fingerprint density at radius 1 is 1.36 bits per heavy atom. The minimum absolute atomic E-state index is 0.580. The monoisotopic (exact) mass is 189 g/mol. The fourth-order valence-electron chi connectivity index (χ4n) is 1.94. The highest BCUT2D eigenvalue weighted by atomic mass is 15.0. The van der Waals surface area contributed by atoms with Gasteiger partial charge in [0.15, 0.2) is 0 Å². The molecule has 0 radical (unpaired) electrons. The maximum atomic E-state index is 5.78. The Balaban J connectivity index is 1.95. The molecule has 2 fully saturated rings. The molecule has 2 aliphatic carbocycles. The molecule has 0 amide bonds. The second kappa shape index (κ2) is 2.69. The highest BCUT2D eigenvalue weighted by molar-refractivity contribution is 5.34. The molecule has 3 heteroatoms. The molecule has 2 N–H and O–H groups in total. The van der Waals surface area contributed by atoms with Crippen molar-refractivity contribution in [2.75, 3.05) is 5.73 Å². The second-order valence-electron chi connectivity index (χ2n) is 4.67. The summed E-state index contributed by atoms with van der Waals surface area (Å²) in [5.74, 6) is 3.64. The van der Waals surface area contributed by atoms with Gasteiger partial charge in [-0.25, -0.2) is 9.97 Å². The molecular formula is C11H15N3. The lowest BCUT2D eigenvalue weighted by Gasteiger charge is -2.03. The second-order valence-corrected chi connectivity index (χ2v) is 4.67. The van der Waals surface area contributed by atoms with Crippen LogP contribution in [-0.2, 0) is 0 Å². The average Bonchev–Trinajstić information content (AvgIpc) is 2.96. The Kier molecular flexibility index (Phi) is 1.58. The highest BCUT2D eigenvalue weighted by Gasteiger charge is 2.37. The number of rotatable bonds is 2. The molecule has 2 unspecified atom stereocenters. The standard InChI is InChI=1S/C11H15N3/c1-6-4-8(6)11-13-9(7-2-3-7)5-10(12)14-11/h5-8H,2-4H2,1H3,(H2,12,13,14). The van der Waals surface area contributed by atoms with E-state index in [1.807, 2.05) is 6.07 Å². The van der Waals surface area contributed by atoms with Gasteiger partial charge in [-0.1, -0.05) is 6.92 Å². The van der Waals surface area contributed by atoms with Crippen LogP contribution in [-0.4, -0.2) is 9.97 Å². The van der Waals surface area contributed by atoms with E-state index in [4.69, 9.17) is 5.73 Å². The van der Waals surface area contributed by atoms with Gasteiger partial charge in [-0.15, -0.1) is 0 Å². The number of aromatic nitrogens is 2. The largest absolute Gasteiger partial charge is 0.384 e. The molecule has 1 heterocycles. The summed E-state index contributed by atoms with van der Waals surface area (Å²) in [5, 5.41) is 0. The molecule has 0 bridgehead atoms. The molecule has 2 aliphatic rings. The summed E-state index contributed by atoms with van der Waals surface area (Å²) in [4.78, 5) is 8.94. The number of hydrogen-bond acceptors (Lipinski definition) is 3. The van der Waals surface area contributed by atoms with Crippen LogP contribution in [0.3, 0.4) is 0 Å². The summed E-state index contributed by atoms with van der Waals surface area (Å²) < 4.78 is 0. The summed E-state index contributed by atoms with van der Waals surface area (Å²) >= 11 is 0. The predicted octanol–water partition coefficient (Wildman–Crippen LogP) is 2.06. The first-order chi connectivity index (χ1) is 6.74. The van der Waals surface area contributed by atoms with E-state index in [1.54, 1.807) is 0 Å². The third-order valence-corrected chi connectivity index (χ3v) is 3.22. The molecule has 0 saturated heterocycles. The van der Waals surface area contributed by atoms with Gasteiger partial charge < -0.3 is 5.73 Å². The lowest BCUT2D eigenvalue weighted by Crippen LogP contribution is -2.02. The van der Waals surface area contributed by atoms with Crippen LogP contribution in [0.1, 0.15) is 49.5 Å². The summed E-state index contributed by atoms with van der Waals surface area (Å²) in [5.41, 5.74) is 6.96. The van der Waals surface area contributed by atoms with Crippen LogP contribution in [0.2, 0.25) is 0 Å². The Morgan fingerprint density at radius 3 is 2.64 bits per heavy atom. The van der Waals surface area contributed by atoms with Crippen molar-refractivity contribution in [1.82, 2.24) is 9.97 Å². The summed E-state index contributed by atoms with van der Waals surface area (Å²) in [7, 11) is 0. The molecule has 14 heavy (non-hydrogen) atoms. The van der Waals surface area contributed by atoms with Gasteiger partial charge in [0.2, 0.25) is 0 Å². The van der Waals surface area contributed by atoms with Gasteiger partial charge in [-0.2, -0.15) is 0 Å². The fraction of sp³-hybridized carbons (Fsp3) is 0.636. The molecule has 1 aromatic heterocycles. The maximum Gasteiger partial charge on any atom is 0.134 e. The first kappa shape index (κ1) is 8.21. The van der Waals surface area contributed by atoms with Gasteiger partial charge >= 0.3 is 0 Å². The van der Waals surface area contributed by atoms with E-state index in [-0.39, 0.29) is 0 Å². The number of anilines is 1. The molecule has 74 valence electrons. The third-order valence-electron chi connectivity index (χ3n) is 3.22. The number of hydrogen-bond donors (Lipinski definition) is 1. The van der Waals surface area contributed by atoms with Crippen LogP contribution >= 0.6 is 0 Å². The minimum atomic E-state index is 0.580. The van der Waals surface area contributed by atoms with Gasteiger partial charge in [0, 0.05) is 23.6 Å². The van der Waals surface area contributed by atoms with Crippen LogP contribution in [0.4, 0.5) is 5.82 Å². The lowest BCUT2D eigenvalue weighted by atomic mass is 10.2. The normalized spacial score (nSPS) is 30.4. The van der Waals surface area contributed by atoms with E-state index in [2.05, 4.69) is 16.9 Å². The third kappa shape index (κ3) is 1.37. The topological polar surface area (TPSA) is 51.8 Å². The van der Waals surface area contributed by atoms with Gasteiger partial charge in [0.05, 0.1) is 0 Å². The van der Waals surface area contributed by atoms with Crippen LogP contribution < -0.4 is 5.73 Å². The molecule has 3 nitrogen and oxygen atoms in total. The van der Waals surface area contributed by atoms with Crippen molar-refractivity contribution in [3.05, 3.63) is 17.6 Å². The fourth-order valence-corrected chi connectivity index (χ4v) is 1.94. The van der Waals surface area contributed by atoms with E-state index in [9.17, 15) is 0 Å². The van der Waals surface area contributed by atoms with Gasteiger partial charge in [-0.05, 0) is 25.2 Å². The molecule has 0 spiro atoms. The molecule has 0 aliphatic heterocycles. The Hall–Kier alpha value is -1.12. The van der Waals surface area contributed by atoms with Gasteiger partial charge in [-0.3, -0.25) is 0 Å². The smallest absolute Gasteiger partial charge is 0.134 e. The van der Waals surface area contributed by atoms with E-state index in [0.29, 0.717) is 17.7 Å². The zero-order valence-corrected chi connectivity index (χ0v) is 8.40. The lowest BCUT2D eigenvalue weighted by molar-refractivity contribution is 0.822. The maximum absolute atomic E-state index is 5.78. The zero-order chi connectivity index (χ0) is 9.71. The summed E-state index contributed by atoms with van der Waals surface area (Å²) in [6.45, 7) is 2.24. The molecule has 3 rings (SSSR count). The van der Waals surface area contributed by atoms with Crippen LogP contribution in [0, 0.1) is 5.92 Å². The quantitative estimate of drug-likeness (QED) is 0.774. The van der Waals surface area contributed by atoms with Crippen LogP contribution in [0.25, 0.3) is 0 Å². The van der Waals surface area contributed by atoms with Crippen molar-refractivity contribution in [3.8, 4) is 0 Å². The van der Waals surface area contributed by atoms with E-state index >= 15 is 0 Å². The van der Waals surface area contributed by atoms with Crippen molar-refractivity contribution in [1.29, 1.82) is 0 Å². The Morgan fingerprint density at radius 2 is 2.07 bits per heavy atom. The highest BCUT2D eigenvalue weighted by Crippen LogP contribution is 2.46. The average molecular weight is 189 g/mol. The molecule has 1 aromatic rings. The SMILES string of the molecule is CC1CC1c1nc(N)cc(C2CC2)n1. The Bertz CT molecular complexity index is 371. The van der Waals surface area contributed by atoms with Crippen molar-refractivity contribution in [2.45, 2.75) is 38.0 Å². The van der Waals surface area contributed by atoms with Gasteiger partial charge in [0.25, 0.3) is 0 Å². The molecule has 2 atom stereocenters. The van der Waals surface area contributed by atoms with Crippen LogP contribution in [0.15, 0.2) is 6.07 Å². The van der Waals surface area contributed by atoms with Gasteiger partial charge in [0.1, 0.15) is 11.6 Å². The molecule has 0 aromatic carbocycles. The van der Waals surface area contributed by atoms with E-state index in [1.165, 1.54) is 25.0 Å². The van der Waals surface area contributed by atoms with Crippen molar-refractivity contribution in [2.24, 2.45) is 5.92 Å². The van der Waals surface area contributed by atoms with Crippen molar-refractivity contribution in [3.63, 3.8) is 0 Å².